The van der Waals surface area contributed by atoms with Crippen molar-refractivity contribution in [1.82, 2.24) is 9.88 Å². The topological polar surface area (TPSA) is 62.4 Å². The molecule has 0 aromatic carbocycles. The van der Waals surface area contributed by atoms with E-state index in [9.17, 15) is 5.11 Å². The SMILES string of the molecule is CC(N)C(c1cccnc1)N1CCCC(O)C1. The number of pyridine rings is 1. The number of hydrogen-bond acceptors (Lipinski definition) is 4. The first-order chi connectivity index (χ1) is 8.18. The Kier molecular flexibility index (Phi) is 4.10. The number of nitrogens with two attached hydrogens (primary N) is 1. The monoisotopic (exact) mass is 235 g/mol. The lowest BCUT2D eigenvalue weighted by molar-refractivity contribution is 0.0404. The zero-order valence-corrected chi connectivity index (χ0v) is 10.3. The summed E-state index contributed by atoms with van der Waals surface area (Å²) in [5.41, 5.74) is 7.23. The van der Waals surface area contributed by atoms with Crippen LogP contribution in [0.1, 0.15) is 31.4 Å². The molecule has 3 unspecified atom stereocenters. The highest BCUT2D eigenvalue weighted by molar-refractivity contribution is 5.16. The second-order valence-corrected chi connectivity index (χ2v) is 4.88. The predicted octanol–water partition coefficient (Wildman–Crippen LogP) is 0.927. The van der Waals surface area contributed by atoms with E-state index in [-0.39, 0.29) is 18.2 Å². The normalized spacial score (nSPS) is 25.5. The standard InChI is InChI=1S/C13H21N3O/c1-10(14)13(11-4-2-6-15-8-11)16-7-3-5-12(17)9-16/h2,4,6,8,10,12-13,17H,3,5,7,9,14H2,1H3. The first kappa shape index (κ1) is 12.5. The van der Waals surface area contributed by atoms with E-state index in [1.807, 2.05) is 19.2 Å². The van der Waals surface area contributed by atoms with Crippen LogP contribution in [0, 0.1) is 0 Å². The fraction of sp³-hybridized carbons (Fsp3) is 0.615. The predicted molar refractivity (Wildman–Crippen MR) is 67.4 cm³/mol. The minimum atomic E-state index is -0.221. The fourth-order valence-electron chi connectivity index (χ4n) is 2.63. The molecule has 3 N–H and O–H groups in total. The average Bonchev–Trinajstić information content (AvgIpc) is 2.30. The van der Waals surface area contributed by atoms with Gasteiger partial charge in [0.2, 0.25) is 0 Å². The van der Waals surface area contributed by atoms with Gasteiger partial charge >= 0.3 is 0 Å². The number of hydrogen-bond donors (Lipinski definition) is 2. The highest BCUT2D eigenvalue weighted by Gasteiger charge is 2.28. The summed E-state index contributed by atoms with van der Waals surface area (Å²) in [7, 11) is 0. The van der Waals surface area contributed by atoms with Crippen molar-refractivity contribution in [3.63, 3.8) is 0 Å². The lowest BCUT2D eigenvalue weighted by Crippen LogP contribution is -2.46. The van der Waals surface area contributed by atoms with Crippen molar-refractivity contribution in [1.29, 1.82) is 0 Å². The Balaban J connectivity index is 2.17. The third-order valence-corrected chi connectivity index (χ3v) is 3.35. The van der Waals surface area contributed by atoms with Crippen molar-refractivity contribution in [3.8, 4) is 0 Å². The molecule has 0 spiro atoms. The Hall–Kier alpha value is -0.970. The molecular formula is C13H21N3O. The van der Waals surface area contributed by atoms with Crippen molar-refractivity contribution in [2.75, 3.05) is 13.1 Å². The lowest BCUT2D eigenvalue weighted by Gasteiger charge is -2.38. The molecule has 1 aliphatic heterocycles. The third kappa shape index (κ3) is 3.03. The number of aliphatic hydroxyl groups excluding tert-OH is 1. The summed E-state index contributed by atoms with van der Waals surface area (Å²) in [5, 5.41) is 9.76. The second kappa shape index (κ2) is 5.58. The highest BCUT2D eigenvalue weighted by atomic mass is 16.3. The molecule has 94 valence electrons. The molecule has 1 fully saturated rings. The fourth-order valence-corrected chi connectivity index (χ4v) is 2.63. The molecule has 1 aliphatic rings. The summed E-state index contributed by atoms with van der Waals surface area (Å²) in [5.74, 6) is 0. The van der Waals surface area contributed by atoms with E-state index >= 15 is 0 Å². The molecule has 2 heterocycles. The van der Waals surface area contributed by atoms with Gasteiger partial charge in [0.15, 0.2) is 0 Å². The first-order valence-corrected chi connectivity index (χ1v) is 6.26. The van der Waals surface area contributed by atoms with Gasteiger partial charge in [0.05, 0.1) is 12.1 Å². The minimum absolute atomic E-state index is 0.0319. The van der Waals surface area contributed by atoms with Gasteiger partial charge in [-0.05, 0) is 37.9 Å². The van der Waals surface area contributed by atoms with Crippen LogP contribution in [0.3, 0.4) is 0 Å². The van der Waals surface area contributed by atoms with Crippen molar-refractivity contribution >= 4 is 0 Å². The number of piperidine rings is 1. The van der Waals surface area contributed by atoms with Crippen LogP contribution in [0.4, 0.5) is 0 Å². The van der Waals surface area contributed by atoms with E-state index in [2.05, 4.69) is 16.0 Å². The van der Waals surface area contributed by atoms with Crippen molar-refractivity contribution in [2.24, 2.45) is 5.73 Å². The van der Waals surface area contributed by atoms with Crippen LogP contribution in [0.2, 0.25) is 0 Å². The molecule has 4 nitrogen and oxygen atoms in total. The molecule has 17 heavy (non-hydrogen) atoms. The van der Waals surface area contributed by atoms with Gasteiger partial charge in [-0.3, -0.25) is 9.88 Å². The molecule has 0 aliphatic carbocycles. The van der Waals surface area contributed by atoms with E-state index in [1.54, 1.807) is 6.20 Å². The number of likely N-dealkylation sites (tertiary alicyclic amines) is 1. The molecule has 4 heteroatoms. The summed E-state index contributed by atoms with van der Waals surface area (Å²) < 4.78 is 0. The summed E-state index contributed by atoms with van der Waals surface area (Å²) in [6, 6.07) is 4.18. The molecule has 1 saturated heterocycles. The maximum Gasteiger partial charge on any atom is 0.0667 e. The van der Waals surface area contributed by atoms with Crippen LogP contribution in [0.15, 0.2) is 24.5 Å². The van der Waals surface area contributed by atoms with Crippen LogP contribution < -0.4 is 5.73 Å². The first-order valence-electron chi connectivity index (χ1n) is 6.26. The van der Waals surface area contributed by atoms with Gasteiger partial charge in [0.1, 0.15) is 0 Å². The molecule has 0 bridgehead atoms. The van der Waals surface area contributed by atoms with E-state index in [0.29, 0.717) is 6.54 Å². The number of β-amino-alcohol motifs (C(OH)–C–C–N with tert-alkyl or cyclic N) is 1. The zero-order chi connectivity index (χ0) is 12.3. The number of aliphatic hydroxyl groups is 1. The van der Waals surface area contributed by atoms with Gasteiger partial charge in [-0.15, -0.1) is 0 Å². The molecule has 0 radical (unpaired) electrons. The molecule has 1 aromatic rings. The Morgan fingerprint density at radius 2 is 2.41 bits per heavy atom. The van der Waals surface area contributed by atoms with Crippen molar-refractivity contribution in [3.05, 3.63) is 30.1 Å². The maximum atomic E-state index is 9.76. The van der Waals surface area contributed by atoms with E-state index in [4.69, 9.17) is 5.73 Å². The Morgan fingerprint density at radius 1 is 1.59 bits per heavy atom. The Bertz CT molecular complexity index is 342. The Labute approximate surface area is 102 Å². The number of aromatic nitrogens is 1. The molecular weight excluding hydrogens is 214 g/mol. The van der Waals surface area contributed by atoms with Gasteiger partial charge in [-0.25, -0.2) is 0 Å². The van der Waals surface area contributed by atoms with E-state index in [0.717, 1.165) is 24.9 Å². The van der Waals surface area contributed by atoms with Crippen LogP contribution in [-0.2, 0) is 0 Å². The minimum Gasteiger partial charge on any atom is -0.392 e. The summed E-state index contributed by atoms with van der Waals surface area (Å²) >= 11 is 0. The van der Waals surface area contributed by atoms with Crippen LogP contribution in [0.25, 0.3) is 0 Å². The summed E-state index contributed by atoms with van der Waals surface area (Å²) in [6.07, 6.45) is 5.35. The van der Waals surface area contributed by atoms with Crippen LogP contribution in [-0.4, -0.2) is 40.2 Å². The number of rotatable bonds is 3. The van der Waals surface area contributed by atoms with Crippen LogP contribution >= 0.6 is 0 Å². The molecule has 1 aromatic heterocycles. The largest absolute Gasteiger partial charge is 0.392 e. The molecule has 2 rings (SSSR count). The van der Waals surface area contributed by atoms with Gasteiger partial charge < -0.3 is 10.8 Å². The molecule has 0 saturated carbocycles. The van der Waals surface area contributed by atoms with Gasteiger partial charge in [0.25, 0.3) is 0 Å². The lowest BCUT2D eigenvalue weighted by atomic mass is 9.97. The van der Waals surface area contributed by atoms with Gasteiger partial charge in [-0.1, -0.05) is 6.07 Å². The van der Waals surface area contributed by atoms with Crippen LogP contribution in [0.5, 0.6) is 0 Å². The molecule has 3 atom stereocenters. The van der Waals surface area contributed by atoms with E-state index < -0.39 is 0 Å². The van der Waals surface area contributed by atoms with Gasteiger partial charge in [0, 0.05) is 25.0 Å². The summed E-state index contributed by atoms with van der Waals surface area (Å²) in [6.45, 7) is 3.72. The smallest absolute Gasteiger partial charge is 0.0667 e. The number of nitrogens with zero attached hydrogens (tertiary/aromatic N) is 2. The average molecular weight is 235 g/mol. The molecule has 0 amide bonds. The van der Waals surface area contributed by atoms with Crippen molar-refractivity contribution < 1.29 is 5.11 Å². The zero-order valence-electron chi connectivity index (χ0n) is 10.3. The van der Waals surface area contributed by atoms with Crippen molar-refractivity contribution in [2.45, 2.75) is 38.0 Å². The highest BCUT2D eigenvalue weighted by Crippen LogP contribution is 2.26. The quantitative estimate of drug-likeness (QED) is 0.818. The second-order valence-electron chi connectivity index (χ2n) is 4.88. The Morgan fingerprint density at radius 3 is 3.00 bits per heavy atom. The van der Waals surface area contributed by atoms with Gasteiger partial charge in [-0.2, -0.15) is 0 Å². The maximum absolute atomic E-state index is 9.76. The summed E-state index contributed by atoms with van der Waals surface area (Å²) in [4.78, 5) is 6.43. The third-order valence-electron chi connectivity index (χ3n) is 3.35. The van der Waals surface area contributed by atoms with E-state index in [1.165, 1.54) is 0 Å².